The fourth-order valence-corrected chi connectivity index (χ4v) is 4.54. The van der Waals surface area contributed by atoms with Crippen LogP contribution in [0.5, 0.6) is 0 Å². The second-order valence-electron chi connectivity index (χ2n) is 8.60. The summed E-state index contributed by atoms with van der Waals surface area (Å²) in [7, 11) is 1.66. The van der Waals surface area contributed by atoms with E-state index in [0.29, 0.717) is 42.4 Å². The van der Waals surface area contributed by atoms with E-state index in [-0.39, 0.29) is 18.1 Å². The Bertz CT molecular complexity index is 1480. The van der Waals surface area contributed by atoms with Gasteiger partial charge in [-0.2, -0.15) is 13.9 Å². The first kappa shape index (κ1) is 20.9. The van der Waals surface area contributed by atoms with Crippen LogP contribution in [-0.2, 0) is 9.47 Å². The summed E-state index contributed by atoms with van der Waals surface area (Å²) in [4.78, 5) is 22.2. The summed E-state index contributed by atoms with van der Waals surface area (Å²) >= 11 is 0. The maximum absolute atomic E-state index is 12.8. The molecule has 6 rings (SSSR count). The Morgan fingerprint density at radius 2 is 2.29 bits per heavy atom. The van der Waals surface area contributed by atoms with E-state index in [1.54, 1.807) is 19.4 Å². The minimum Gasteiger partial charge on any atom is -0.391 e. The number of carbonyl (C=O) groups is 1. The number of aromatic nitrogens is 4. The fraction of sp³-hybridized carbons (Fsp3) is 0.348. The Hall–Kier alpha value is -3.67. The van der Waals surface area contributed by atoms with Crippen LogP contribution in [0.1, 0.15) is 34.5 Å². The quantitative estimate of drug-likeness (QED) is 0.435. The van der Waals surface area contributed by atoms with Crippen LogP contribution in [0.2, 0.25) is 0 Å². The average molecular weight is 462 g/mol. The number of fused-ring (bicyclic) bond motifs is 2. The van der Waals surface area contributed by atoms with Gasteiger partial charge in [0.15, 0.2) is 11.8 Å². The van der Waals surface area contributed by atoms with Gasteiger partial charge in [0.2, 0.25) is 0 Å². The second kappa shape index (κ2) is 7.97. The van der Waals surface area contributed by atoms with Crippen molar-refractivity contribution < 1.29 is 23.6 Å². The molecule has 2 aliphatic heterocycles. The van der Waals surface area contributed by atoms with E-state index in [4.69, 9.17) is 20.2 Å². The van der Waals surface area contributed by atoms with Crippen LogP contribution in [0, 0.1) is 5.71 Å². The summed E-state index contributed by atoms with van der Waals surface area (Å²) in [6.07, 6.45) is 5.90. The van der Waals surface area contributed by atoms with Gasteiger partial charge in [0, 0.05) is 13.2 Å². The van der Waals surface area contributed by atoms with E-state index in [2.05, 4.69) is 15.4 Å². The molecule has 34 heavy (non-hydrogen) atoms. The molecule has 0 bridgehead atoms. The van der Waals surface area contributed by atoms with Crippen molar-refractivity contribution in [3.63, 3.8) is 0 Å². The monoisotopic (exact) mass is 462 g/mol. The molecule has 1 saturated carbocycles. The first-order valence-electron chi connectivity index (χ1n) is 11.1. The number of ether oxygens (including phenoxy) is 2. The third-order valence-electron chi connectivity index (χ3n) is 6.63. The van der Waals surface area contributed by atoms with Gasteiger partial charge in [0.05, 0.1) is 48.0 Å². The highest BCUT2D eigenvalue weighted by atomic mass is 16.5. The zero-order valence-electron chi connectivity index (χ0n) is 18.5. The van der Waals surface area contributed by atoms with Crippen LogP contribution >= 0.6 is 0 Å². The maximum atomic E-state index is 12.8. The highest BCUT2D eigenvalue weighted by molar-refractivity contribution is 6.00. The van der Waals surface area contributed by atoms with Crippen LogP contribution in [0.15, 0.2) is 41.8 Å². The summed E-state index contributed by atoms with van der Waals surface area (Å²) in [6, 6.07) is 5.37. The number of nitrogen functional groups attached to an aromatic ring is 1. The number of aliphatic hydroxyl groups excluding tert-OH is 1. The zero-order chi connectivity index (χ0) is 23.4. The van der Waals surface area contributed by atoms with Crippen molar-refractivity contribution in [2.75, 3.05) is 26.1 Å². The number of methoxy groups -OCH3 is 1. The molecule has 3 aliphatic rings. The number of anilines is 1. The van der Waals surface area contributed by atoms with Crippen LogP contribution in [0.3, 0.4) is 0 Å². The SMILES string of the molecule is CO[C@@H]1COCC1=[n+]1cccc2c1=NC=C2c1cc(N)n2ncc(C(=O)N[C@H]3CC[C@@H]3O)c2n1. The fourth-order valence-electron chi connectivity index (χ4n) is 4.54. The van der Waals surface area contributed by atoms with Crippen molar-refractivity contribution >= 4 is 22.9 Å². The third-order valence-corrected chi connectivity index (χ3v) is 6.63. The number of nitrogens with two attached hydrogens (primary N) is 1. The summed E-state index contributed by atoms with van der Waals surface area (Å²) in [6.45, 7) is 0.965. The molecule has 3 aromatic heterocycles. The predicted octanol–water partition coefficient (Wildman–Crippen LogP) is -0.700. The first-order chi connectivity index (χ1) is 16.5. The van der Waals surface area contributed by atoms with Crippen LogP contribution in [0.4, 0.5) is 5.82 Å². The molecular weight excluding hydrogens is 438 g/mol. The molecule has 11 nitrogen and oxygen atoms in total. The summed E-state index contributed by atoms with van der Waals surface area (Å²) in [5, 5.41) is 16.9. The van der Waals surface area contributed by atoms with Crippen LogP contribution in [0.25, 0.3) is 11.2 Å². The van der Waals surface area contributed by atoms with Gasteiger partial charge in [0.1, 0.15) is 29.8 Å². The zero-order valence-corrected chi connectivity index (χ0v) is 18.5. The Morgan fingerprint density at radius 3 is 3.06 bits per heavy atom. The van der Waals surface area contributed by atoms with Crippen LogP contribution in [-0.4, -0.2) is 64.2 Å². The van der Waals surface area contributed by atoms with E-state index in [0.717, 1.165) is 28.8 Å². The van der Waals surface area contributed by atoms with Crippen molar-refractivity contribution in [1.82, 2.24) is 19.9 Å². The Balaban J connectivity index is 1.41. The lowest BCUT2D eigenvalue weighted by molar-refractivity contribution is -0.547. The number of amides is 1. The summed E-state index contributed by atoms with van der Waals surface area (Å²) in [5.41, 5.74) is 10.9. The Kier molecular flexibility index (Phi) is 4.90. The molecule has 1 amide bonds. The van der Waals surface area contributed by atoms with Crippen molar-refractivity contribution in [3.05, 3.63) is 64.8 Å². The topological polar surface area (TPSA) is 142 Å². The van der Waals surface area contributed by atoms with Crippen molar-refractivity contribution in [3.8, 4) is 0 Å². The lowest BCUT2D eigenvalue weighted by Crippen LogP contribution is -2.50. The van der Waals surface area contributed by atoms with E-state index >= 15 is 0 Å². The highest BCUT2D eigenvalue weighted by Gasteiger charge is 2.32. The number of pyridine rings is 1. The number of rotatable bonds is 4. The molecule has 3 atom stereocenters. The third kappa shape index (κ3) is 3.20. The van der Waals surface area contributed by atoms with E-state index < -0.39 is 6.10 Å². The lowest BCUT2D eigenvalue weighted by Gasteiger charge is -2.32. The maximum Gasteiger partial charge on any atom is 0.335 e. The van der Waals surface area contributed by atoms with E-state index in [1.165, 1.54) is 10.7 Å². The molecule has 1 aliphatic carbocycles. The molecule has 1 saturated heterocycles. The molecule has 0 unspecified atom stereocenters. The average Bonchev–Trinajstić information content (AvgIpc) is 3.58. The molecule has 4 N–H and O–H groups in total. The molecule has 0 spiro atoms. The number of nitrogens with zero attached hydrogens (tertiary/aromatic N) is 5. The summed E-state index contributed by atoms with van der Waals surface area (Å²) < 4.78 is 14.6. The van der Waals surface area contributed by atoms with Gasteiger partial charge >= 0.3 is 5.49 Å². The normalized spacial score (nSPS) is 25.0. The summed E-state index contributed by atoms with van der Waals surface area (Å²) in [5.74, 6) is 0.00766. The van der Waals surface area contributed by atoms with Crippen molar-refractivity contribution in [2.24, 2.45) is 4.99 Å². The number of hydrogen-bond donors (Lipinski definition) is 3. The van der Waals surface area contributed by atoms with Gasteiger partial charge in [0.25, 0.3) is 5.91 Å². The molecule has 174 valence electrons. The van der Waals surface area contributed by atoms with E-state index in [9.17, 15) is 9.90 Å². The van der Waals surface area contributed by atoms with Gasteiger partial charge in [-0.1, -0.05) is 0 Å². The van der Waals surface area contributed by atoms with Gasteiger partial charge in [-0.15, -0.1) is 0 Å². The largest absolute Gasteiger partial charge is 0.391 e. The second-order valence-corrected chi connectivity index (χ2v) is 8.60. The highest BCUT2D eigenvalue weighted by Crippen LogP contribution is 2.26. The van der Waals surface area contributed by atoms with Crippen LogP contribution < -0.4 is 20.8 Å². The molecule has 11 heteroatoms. The number of aliphatic hydroxyl groups is 1. The number of hydrogen-bond acceptors (Lipinski definition) is 8. The Labute approximate surface area is 193 Å². The molecule has 2 fully saturated rings. The molecule has 3 aromatic rings. The van der Waals surface area contributed by atoms with Crippen molar-refractivity contribution in [1.29, 1.82) is 0 Å². The number of nitrogens with one attached hydrogen (secondary N) is 1. The molecule has 0 aromatic carbocycles. The predicted molar refractivity (Wildman–Crippen MR) is 119 cm³/mol. The molecular formula is C23H24N7O4+. The van der Waals surface area contributed by atoms with Crippen molar-refractivity contribution in [2.45, 2.75) is 31.1 Å². The van der Waals surface area contributed by atoms with E-state index in [1.807, 2.05) is 22.6 Å². The number of carbonyl (C=O) groups excluding carboxylic acids is 1. The minimum absolute atomic E-state index is 0.136. The van der Waals surface area contributed by atoms with Gasteiger partial charge in [-0.25, -0.2) is 4.98 Å². The lowest BCUT2D eigenvalue weighted by atomic mass is 9.89. The smallest absolute Gasteiger partial charge is 0.335 e. The molecule has 0 radical (unpaired) electrons. The standard InChI is InChI=1S/C23H23N7O4/c1-33-19-11-34-10-17(19)29-6-2-3-12-13(8-25-21(12)29)16-7-20(24)30-22(27-16)14(9-26-30)23(32)28-15-4-5-18(15)31/h2-3,6-9,15,18-19,31H,4-5,10-11H2,1H3,(H2-,24,26,27,28,32)/p+1/t15-,18-,19+/m0/s1. The van der Waals surface area contributed by atoms with Gasteiger partial charge in [-0.3, -0.25) is 4.79 Å². The minimum atomic E-state index is -0.520. The first-order valence-corrected chi connectivity index (χ1v) is 11.1. The van der Waals surface area contributed by atoms with Gasteiger partial charge in [-0.05, 0) is 30.0 Å². The Morgan fingerprint density at radius 1 is 1.41 bits per heavy atom. The van der Waals surface area contributed by atoms with Gasteiger partial charge < -0.3 is 25.6 Å². The molecule has 5 heterocycles.